The molecule has 0 atom stereocenters. The quantitative estimate of drug-likeness (QED) is 0.609. The van der Waals surface area contributed by atoms with Crippen molar-refractivity contribution in [3.05, 3.63) is 0 Å². The van der Waals surface area contributed by atoms with Crippen LogP contribution in [0.15, 0.2) is 0 Å². The highest BCUT2D eigenvalue weighted by molar-refractivity contribution is 7.87. The Morgan fingerprint density at radius 3 is 2.00 bits per heavy atom. The van der Waals surface area contributed by atoms with E-state index in [0.29, 0.717) is 12.5 Å². The van der Waals surface area contributed by atoms with Crippen LogP contribution in [-0.2, 0) is 14.0 Å². The summed E-state index contributed by atoms with van der Waals surface area (Å²) in [5.41, 5.74) is 0. The maximum Gasteiger partial charge on any atom is 0.257 e. The monoisotopic (exact) mass is 365 g/mol. The summed E-state index contributed by atoms with van der Waals surface area (Å²) in [6, 6.07) is 0.668. The lowest BCUT2D eigenvalue weighted by Gasteiger charge is -2.42. The normalized spacial score (nSPS) is 18.9. The molecule has 132 valence electrons. The Bertz CT molecular complexity index is 435. The van der Waals surface area contributed by atoms with Gasteiger partial charge in [0.2, 0.25) is 8.32 Å². The van der Waals surface area contributed by atoms with Crippen molar-refractivity contribution in [2.75, 3.05) is 12.3 Å². The van der Waals surface area contributed by atoms with Crippen LogP contribution < -0.4 is 0 Å². The lowest BCUT2D eigenvalue weighted by Crippen LogP contribution is -2.53. The van der Waals surface area contributed by atoms with E-state index in [0.717, 1.165) is 6.54 Å². The topological polar surface area (TPSA) is 46.6 Å². The SMILES string of the molecule is C[Si](C)(C)OS(=O)(=O)CCCN(C1CCCCC1)[Si](C)(C)C. The highest BCUT2D eigenvalue weighted by atomic mass is 32.2. The number of hydrogen-bond donors (Lipinski definition) is 0. The summed E-state index contributed by atoms with van der Waals surface area (Å²) < 4.78 is 32.1. The molecule has 1 aliphatic rings. The van der Waals surface area contributed by atoms with Crippen LogP contribution in [0.3, 0.4) is 0 Å². The van der Waals surface area contributed by atoms with Gasteiger partial charge in [0, 0.05) is 6.04 Å². The van der Waals surface area contributed by atoms with Crippen LogP contribution in [0.4, 0.5) is 0 Å². The molecule has 1 saturated carbocycles. The molecule has 0 heterocycles. The summed E-state index contributed by atoms with van der Waals surface area (Å²) in [4.78, 5) is 0. The first-order chi connectivity index (χ1) is 9.91. The Kier molecular flexibility index (Phi) is 7.32. The molecule has 0 saturated heterocycles. The van der Waals surface area contributed by atoms with E-state index in [4.69, 9.17) is 3.87 Å². The molecule has 22 heavy (non-hydrogen) atoms. The smallest absolute Gasteiger partial charge is 0.257 e. The summed E-state index contributed by atoms with van der Waals surface area (Å²) >= 11 is 0. The molecule has 4 nitrogen and oxygen atoms in total. The first-order valence-corrected chi connectivity index (χ1v) is 17.0. The first kappa shape index (κ1) is 20.3. The molecule has 0 aromatic heterocycles. The van der Waals surface area contributed by atoms with Crippen molar-refractivity contribution >= 4 is 26.7 Å². The molecule has 1 rings (SSSR count). The van der Waals surface area contributed by atoms with Gasteiger partial charge in [-0.05, 0) is 45.4 Å². The maximum atomic E-state index is 12.1. The van der Waals surface area contributed by atoms with E-state index in [1.807, 2.05) is 19.6 Å². The third-order valence-corrected chi connectivity index (χ3v) is 10.2. The summed E-state index contributed by atoms with van der Waals surface area (Å²) in [5.74, 6) is 0.158. The van der Waals surface area contributed by atoms with Crippen LogP contribution in [0.5, 0.6) is 0 Å². The molecular weight excluding hydrogens is 330 g/mol. The summed E-state index contributed by atoms with van der Waals surface area (Å²) in [6.07, 6.45) is 7.25. The average Bonchev–Trinajstić information content (AvgIpc) is 2.31. The zero-order chi connectivity index (χ0) is 17.0. The minimum Gasteiger partial charge on any atom is -0.321 e. The average molecular weight is 366 g/mol. The van der Waals surface area contributed by atoms with E-state index in [1.54, 1.807) is 0 Å². The molecule has 0 unspecified atom stereocenters. The lowest BCUT2D eigenvalue weighted by molar-refractivity contribution is 0.246. The van der Waals surface area contributed by atoms with Gasteiger partial charge in [-0.1, -0.05) is 38.9 Å². The van der Waals surface area contributed by atoms with Crippen molar-refractivity contribution in [3.63, 3.8) is 0 Å². The van der Waals surface area contributed by atoms with Crippen LogP contribution in [-0.4, -0.2) is 47.9 Å². The summed E-state index contributed by atoms with van der Waals surface area (Å²) in [7, 11) is -6.80. The largest absolute Gasteiger partial charge is 0.321 e. The molecule has 0 N–H and O–H groups in total. The minimum atomic E-state index is -3.36. The molecular formula is C15H35NO3SSi2. The molecule has 1 aliphatic carbocycles. The van der Waals surface area contributed by atoms with Gasteiger partial charge < -0.3 is 8.44 Å². The highest BCUT2D eigenvalue weighted by Crippen LogP contribution is 2.27. The van der Waals surface area contributed by atoms with Crippen LogP contribution >= 0.6 is 0 Å². The van der Waals surface area contributed by atoms with Crippen molar-refractivity contribution < 1.29 is 12.3 Å². The van der Waals surface area contributed by atoms with E-state index < -0.39 is 26.7 Å². The third-order valence-electron chi connectivity index (χ3n) is 4.05. The van der Waals surface area contributed by atoms with Crippen LogP contribution in [0, 0.1) is 0 Å². The van der Waals surface area contributed by atoms with Crippen LogP contribution in [0.25, 0.3) is 0 Å². The molecule has 7 heteroatoms. The van der Waals surface area contributed by atoms with Crippen LogP contribution in [0.1, 0.15) is 38.5 Å². The molecule has 0 aliphatic heterocycles. The second-order valence-corrected chi connectivity index (χ2v) is 19.8. The molecule has 0 bridgehead atoms. The molecule has 1 fully saturated rings. The highest BCUT2D eigenvalue weighted by Gasteiger charge is 2.31. The molecule has 0 amide bonds. The minimum absolute atomic E-state index is 0.158. The fourth-order valence-electron chi connectivity index (χ4n) is 3.29. The Balaban J connectivity index is 2.57. The number of hydrogen-bond acceptors (Lipinski definition) is 4. The second kappa shape index (κ2) is 7.92. The number of rotatable bonds is 8. The van der Waals surface area contributed by atoms with Crippen molar-refractivity contribution in [3.8, 4) is 0 Å². The van der Waals surface area contributed by atoms with Crippen molar-refractivity contribution in [1.29, 1.82) is 0 Å². The Morgan fingerprint density at radius 1 is 1.00 bits per heavy atom. The van der Waals surface area contributed by atoms with Crippen molar-refractivity contribution in [2.45, 2.75) is 83.8 Å². The van der Waals surface area contributed by atoms with Gasteiger partial charge in [0.25, 0.3) is 10.1 Å². The van der Waals surface area contributed by atoms with E-state index >= 15 is 0 Å². The van der Waals surface area contributed by atoms with E-state index in [9.17, 15) is 8.42 Å². The predicted octanol–water partition coefficient (Wildman–Crippen LogP) is 4.03. The molecule has 0 radical (unpaired) electrons. The third kappa shape index (κ3) is 7.72. The molecule has 0 aromatic carbocycles. The van der Waals surface area contributed by atoms with Gasteiger partial charge in [0.15, 0.2) is 0 Å². The van der Waals surface area contributed by atoms with Gasteiger partial charge in [-0.3, -0.25) is 0 Å². The lowest BCUT2D eigenvalue weighted by atomic mass is 9.95. The summed E-state index contributed by atoms with van der Waals surface area (Å²) in [5, 5.41) is 0. The van der Waals surface area contributed by atoms with Gasteiger partial charge in [-0.15, -0.1) is 0 Å². The first-order valence-electron chi connectivity index (χ1n) is 8.61. The van der Waals surface area contributed by atoms with Gasteiger partial charge in [0.05, 0.1) is 5.75 Å². The fraction of sp³-hybridized carbons (Fsp3) is 1.00. The standard InChI is InChI=1S/C15H35NO3SSi2/c1-21(2,3)16(15-11-8-7-9-12-15)13-10-14-20(17,18)19-22(4,5)6/h15H,7-14H2,1-6H3. The van der Waals surface area contributed by atoms with Gasteiger partial charge in [-0.25, -0.2) is 8.42 Å². The Labute approximate surface area is 140 Å². The molecule has 0 spiro atoms. The summed E-state index contributed by atoms with van der Waals surface area (Å²) in [6.45, 7) is 13.8. The Hall–Kier alpha value is 0.304. The molecule has 0 aromatic rings. The van der Waals surface area contributed by atoms with E-state index in [-0.39, 0.29) is 5.75 Å². The zero-order valence-electron chi connectivity index (χ0n) is 15.3. The van der Waals surface area contributed by atoms with E-state index in [1.165, 1.54) is 32.1 Å². The zero-order valence-corrected chi connectivity index (χ0v) is 18.1. The Morgan fingerprint density at radius 2 is 1.55 bits per heavy atom. The van der Waals surface area contributed by atoms with Crippen LogP contribution in [0.2, 0.25) is 39.3 Å². The van der Waals surface area contributed by atoms with Gasteiger partial charge in [0.1, 0.15) is 8.24 Å². The fourth-order valence-corrected chi connectivity index (χ4v) is 9.34. The van der Waals surface area contributed by atoms with E-state index in [2.05, 4.69) is 24.2 Å². The predicted molar refractivity (Wildman–Crippen MR) is 99.8 cm³/mol. The van der Waals surface area contributed by atoms with Gasteiger partial charge in [-0.2, -0.15) is 0 Å². The van der Waals surface area contributed by atoms with Crippen molar-refractivity contribution in [1.82, 2.24) is 4.57 Å². The second-order valence-electron chi connectivity index (χ2n) is 8.47. The maximum absolute atomic E-state index is 12.1. The number of nitrogens with zero attached hydrogens (tertiary/aromatic N) is 1. The van der Waals surface area contributed by atoms with Crippen molar-refractivity contribution in [2.24, 2.45) is 0 Å². The van der Waals surface area contributed by atoms with Gasteiger partial charge >= 0.3 is 0 Å².